The summed E-state index contributed by atoms with van der Waals surface area (Å²) in [6, 6.07) is 0. The molecular formula is C11H14N6O3. The Morgan fingerprint density at radius 2 is 2.00 bits per heavy atom. The molecule has 0 radical (unpaired) electrons. The lowest BCUT2D eigenvalue weighted by atomic mass is 10.3. The maximum Gasteiger partial charge on any atom is 0.320 e. The van der Waals surface area contributed by atoms with Crippen molar-refractivity contribution in [3.05, 3.63) is 33.4 Å². The van der Waals surface area contributed by atoms with Gasteiger partial charge in [-0.2, -0.15) is 10.2 Å². The molecule has 0 unspecified atom stereocenters. The fourth-order valence-corrected chi connectivity index (χ4v) is 1.95. The minimum atomic E-state index is -0.634. The summed E-state index contributed by atoms with van der Waals surface area (Å²) in [5.41, 5.74) is 1.53. The maximum absolute atomic E-state index is 12.2. The summed E-state index contributed by atoms with van der Waals surface area (Å²) in [6.07, 6.45) is 1.05. The van der Waals surface area contributed by atoms with Gasteiger partial charge in [0.1, 0.15) is 6.20 Å². The maximum atomic E-state index is 12.2. The Labute approximate surface area is 114 Å². The Morgan fingerprint density at radius 1 is 1.35 bits per heavy atom. The summed E-state index contributed by atoms with van der Waals surface area (Å²) in [4.78, 5) is 22.5. The molecule has 2 aromatic heterocycles. The molecule has 2 heterocycles. The average Bonchev–Trinajstić information content (AvgIpc) is 2.85. The monoisotopic (exact) mass is 278 g/mol. The molecule has 0 atom stereocenters. The quantitative estimate of drug-likeness (QED) is 0.663. The van der Waals surface area contributed by atoms with Crippen LogP contribution in [0.3, 0.4) is 0 Å². The van der Waals surface area contributed by atoms with Gasteiger partial charge in [0.2, 0.25) is 5.69 Å². The molecule has 9 nitrogen and oxygen atoms in total. The second-order valence-corrected chi connectivity index (χ2v) is 4.38. The lowest BCUT2D eigenvalue weighted by Crippen LogP contribution is -2.18. The van der Waals surface area contributed by atoms with Crippen molar-refractivity contribution in [2.45, 2.75) is 13.8 Å². The van der Waals surface area contributed by atoms with Gasteiger partial charge in [0.15, 0.2) is 0 Å². The third-order valence-corrected chi connectivity index (χ3v) is 3.08. The van der Waals surface area contributed by atoms with Crippen LogP contribution >= 0.6 is 0 Å². The highest BCUT2D eigenvalue weighted by Crippen LogP contribution is 2.22. The van der Waals surface area contributed by atoms with Gasteiger partial charge in [0, 0.05) is 14.1 Å². The molecule has 0 saturated heterocycles. The van der Waals surface area contributed by atoms with Crippen LogP contribution in [0.4, 0.5) is 11.4 Å². The van der Waals surface area contributed by atoms with Gasteiger partial charge in [-0.25, -0.2) is 0 Å². The number of nitro groups is 1. The number of rotatable bonds is 3. The molecule has 9 heteroatoms. The lowest BCUT2D eigenvalue weighted by molar-refractivity contribution is -0.385. The van der Waals surface area contributed by atoms with Crippen LogP contribution in [-0.2, 0) is 14.1 Å². The molecule has 0 aliphatic heterocycles. The van der Waals surface area contributed by atoms with Crippen molar-refractivity contribution < 1.29 is 9.72 Å². The summed E-state index contributed by atoms with van der Waals surface area (Å²) in [6.45, 7) is 3.55. The van der Waals surface area contributed by atoms with Crippen molar-refractivity contribution in [3.63, 3.8) is 0 Å². The number of carbonyl (C=O) groups is 1. The van der Waals surface area contributed by atoms with Crippen molar-refractivity contribution in [2.75, 3.05) is 5.32 Å². The van der Waals surface area contributed by atoms with Crippen LogP contribution in [0.25, 0.3) is 0 Å². The predicted octanol–water partition coefficient (Wildman–Crippen LogP) is 0.931. The van der Waals surface area contributed by atoms with Gasteiger partial charge in [-0.3, -0.25) is 24.3 Å². The first kappa shape index (κ1) is 13.7. The molecule has 0 fully saturated rings. The minimum Gasteiger partial charge on any atom is -0.317 e. The smallest absolute Gasteiger partial charge is 0.317 e. The Kier molecular flexibility index (Phi) is 3.26. The minimum absolute atomic E-state index is 0.0994. The van der Waals surface area contributed by atoms with Gasteiger partial charge in [0.05, 0.1) is 22.0 Å². The van der Waals surface area contributed by atoms with Gasteiger partial charge >= 0.3 is 5.69 Å². The Bertz CT molecular complexity index is 699. The number of anilines is 1. The Balaban J connectivity index is 2.38. The first-order valence-electron chi connectivity index (χ1n) is 5.81. The molecule has 106 valence electrons. The second kappa shape index (κ2) is 4.76. The normalized spacial score (nSPS) is 10.6. The number of nitrogens with one attached hydrogen (secondary N) is 1. The summed E-state index contributed by atoms with van der Waals surface area (Å²) < 4.78 is 2.80. The van der Waals surface area contributed by atoms with Crippen LogP contribution < -0.4 is 5.32 Å². The summed E-state index contributed by atoms with van der Waals surface area (Å²) in [5.74, 6) is -0.587. The predicted molar refractivity (Wildman–Crippen MR) is 70.5 cm³/mol. The zero-order chi connectivity index (χ0) is 15.0. The number of hydrogen-bond acceptors (Lipinski definition) is 5. The van der Waals surface area contributed by atoms with Crippen LogP contribution in [0.2, 0.25) is 0 Å². The fourth-order valence-electron chi connectivity index (χ4n) is 1.95. The van der Waals surface area contributed by atoms with Gasteiger partial charge in [-0.1, -0.05) is 0 Å². The van der Waals surface area contributed by atoms with E-state index in [4.69, 9.17) is 0 Å². The zero-order valence-corrected chi connectivity index (χ0v) is 11.5. The van der Waals surface area contributed by atoms with Crippen molar-refractivity contribution >= 4 is 17.3 Å². The second-order valence-electron chi connectivity index (χ2n) is 4.38. The molecule has 0 aliphatic rings. The van der Waals surface area contributed by atoms with Crippen LogP contribution in [0.15, 0.2) is 6.20 Å². The molecule has 0 bridgehead atoms. The Hall–Kier alpha value is -2.71. The molecule has 2 aromatic rings. The number of carbonyl (C=O) groups excluding carboxylic acids is 1. The van der Waals surface area contributed by atoms with Crippen LogP contribution in [0.1, 0.15) is 21.9 Å². The van der Waals surface area contributed by atoms with E-state index in [-0.39, 0.29) is 11.4 Å². The van der Waals surface area contributed by atoms with Gasteiger partial charge in [-0.05, 0) is 13.8 Å². The van der Waals surface area contributed by atoms with E-state index in [0.29, 0.717) is 11.4 Å². The van der Waals surface area contributed by atoms with Gasteiger partial charge < -0.3 is 5.32 Å². The highest BCUT2D eigenvalue weighted by atomic mass is 16.6. The van der Waals surface area contributed by atoms with E-state index >= 15 is 0 Å². The molecule has 2 rings (SSSR count). The van der Waals surface area contributed by atoms with Gasteiger partial charge in [-0.15, -0.1) is 0 Å². The third kappa shape index (κ3) is 2.13. The first-order chi connectivity index (χ1) is 9.32. The zero-order valence-electron chi connectivity index (χ0n) is 11.5. The number of amides is 1. The number of hydrogen-bond donors (Lipinski definition) is 1. The van der Waals surface area contributed by atoms with E-state index in [1.165, 1.54) is 11.7 Å². The van der Waals surface area contributed by atoms with E-state index in [0.717, 1.165) is 11.9 Å². The Morgan fingerprint density at radius 3 is 2.50 bits per heavy atom. The van der Waals surface area contributed by atoms with E-state index < -0.39 is 10.8 Å². The molecule has 0 aromatic carbocycles. The molecule has 0 saturated carbocycles. The number of aryl methyl sites for hydroxylation is 3. The van der Waals surface area contributed by atoms with Crippen LogP contribution in [0.5, 0.6) is 0 Å². The molecule has 0 aliphatic carbocycles. The third-order valence-electron chi connectivity index (χ3n) is 3.08. The molecule has 1 N–H and O–H groups in total. The SMILES string of the molecule is Cc1nn(C)c(C)c1NC(=O)c1c([N+](=O)[O-])cnn1C. The van der Waals surface area contributed by atoms with Crippen LogP contribution in [-0.4, -0.2) is 30.4 Å². The van der Waals surface area contributed by atoms with Crippen molar-refractivity contribution in [1.82, 2.24) is 19.6 Å². The number of aromatic nitrogens is 4. The summed E-state index contributed by atoms with van der Waals surface area (Å²) in [7, 11) is 3.23. The first-order valence-corrected chi connectivity index (χ1v) is 5.81. The fraction of sp³-hybridized carbons (Fsp3) is 0.364. The summed E-state index contributed by atoms with van der Waals surface area (Å²) >= 11 is 0. The standard InChI is InChI=1S/C11H14N6O3/c1-6-9(7(2)15(3)14-6)13-11(18)10-8(17(19)20)5-12-16(10)4/h5H,1-4H3,(H,13,18). The van der Waals surface area contributed by atoms with E-state index in [2.05, 4.69) is 15.5 Å². The van der Waals surface area contributed by atoms with E-state index in [1.54, 1.807) is 25.6 Å². The summed E-state index contributed by atoms with van der Waals surface area (Å²) in [5, 5.41) is 21.5. The highest BCUT2D eigenvalue weighted by molar-refractivity contribution is 6.06. The van der Waals surface area contributed by atoms with E-state index in [9.17, 15) is 14.9 Å². The van der Waals surface area contributed by atoms with Crippen molar-refractivity contribution in [2.24, 2.45) is 14.1 Å². The molecule has 1 amide bonds. The van der Waals surface area contributed by atoms with Crippen molar-refractivity contribution in [1.29, 1.82) is 0 Å². The van der Waals surface area contributed by atoms with Crippen LogP contribution in [0, 0.1) is 24.0 Å². The van der Waals surface area contributed by atoms with E-state index in [1.807, 2.05) is 0 Å². The van der Waals surface area contributed by atoms with Gasteiger partial charge in [0.25, 0.3) is 5.91 Å². The number of nitrogens with zero attached hydrogens (tertiary/aromatic N) is 5. The average molecular weight is 278 g/mol. The van der Waals surface area contributed by atoms with Crippen molar-refractivity contribution in [3.8, 4) is 0 Å². The largest absolute Gasteiger partial charge is 0.320 e. The lowest BCUT2D eigenvalue weighted by Gasteiger charge is -2.05. The topological polar surface area (TPSA) is 108 Å². The molecular weight excluding hydrogens is 264 g/mol. The molecule has 0 spiro atoms. The highest BCUT2D eigenvalue weighted by Gasteiger charge is 2.26. The molecule has 20 heavy (non-hydrogen) atoms.